The normalized spacial score (nSPS) is 10.3. The Labute approximate surface area is 174 Å². The van der Waals surface area contributed by atoms with Gasteiger partial charge in [-0.3, -0.25) is 4.79 Å². The van der Waals surface area contributed by atoms with Crippen molar-refractivity contribution in [3.63, 3.8) is 0 Å². The van der Waals surface area contributed by atoms with Gasteiger partial charge in [0.25, 0.3) is 0 Å². The van der Waals surface area contributed by atoms with Crippen LogP contribution in [-0.4, -0.2) is 15.8 Å². The van der Waals surface area contributed by atoms with Crippen molar-refractivity contribution in [2.24, 2.45) is 0 Å². The van der Waals surface area contributed by atoms with Crippen LogP contribution in [0.15, 0.2) is 91.1 Å². The quantitative estimate of drug-likeness (QED) is 0.376. The van der Waals surface area contributed by atoms with Crippen molar-refractivity contribution in [1.29, 1.82) is 0 Å². The maximum absolute atomic E-state index is 11.4. The van der Waals surface area contributed by atoms with E-state index in [-0.39, 0.29) is 5.78 Å². The van der Waals surface area contributed by atoms with E-state index >= 15 is 0 Å². The third-order valence-corrected chi connectivity index (χ3v) is 4.31. The molecule has 4 aromatic rings. The van der Waals surface area contributed by atoms with Crippen LogP contribution in [0.2, 0.25) is 0 Å². The number of ketones is 1. The van der Waals surface area contributed by atoms with Crippen molar-refractivity contribution in [2.45, 2.75) is 6.92 Å². The van der Waals surface area contributed by atoms with E-state index in [1.54, 1.807) is 31.3 Å². The third kappa shape index (κ3) is 4.99. The Morgan fingerprint density at radius 1 is 0.767 bits per heavy atom. The Kier molecular flexibility index (Phi) is 5.66. The molecule has 4 rings (SSSR count). The largest absolute Gasteiger partial charge is 0.457 e. The van der Waals surface area contributed by atoms with Crippen LogP contribution in [-0.2, 0) is 0 Å². The molecule has 0 fully saturated rings. The number of aromatic nitrogens is 2. The summed E-state index contributed by atoms with van der Waals surface area (Å²) in [6.07, 6.45) is 1.68. The van der Waals surface area contributed by atoms with Gasteiger partial charge in [0.05, 0.1) is 0 Å². The fourth-order valence-corrected chi connectivity index (χ4v) is 2.78. The van der Waals surface area contributed by atoms with Crippen molar-refractivity contribution in [3.05, 3.63) is 96.7 Å². The molecule has 6 heteroatoms. The van der Waals surface area contributed by atoms with Gasteiger partial charge in [-0.2, -0.15) is 4.98 Å². The number of Topliss-reactive ketones (excluding diaryl/α,β-unsaturated/α-hetero) is 1. The van der Waals surface area contributed by atoms with Crippen LogP contribution in [0.25, 0.3) is 0 Å². The van der Waals surface area contributed by atoms with Gasteiger partial charge < -0.3 is 15.4 Å². The summed E-state index contributed by atoms with van der Waals surface area (Å²) in [7, 11) is 0. The number of rotatable bonds is 7. The zero-order valence-electron chi connectivity index (χ0n) is 16.4. The number of para-hydroxylation sites is 1. The molecule has 148 valence electrons. The molecule has 3 aromatic carbocycles. The predicted molar refractivity (Wildman–Crippen MR) is 118 cm³/mol. The van der Waals surface area contributed by atoms with Crippen LogP contribution < -0.4 is 15.4 Å². The maximum Gasteiger partial charge on any atom is 0.229 e. The van der Waals surface area contributed by atoms with Crippen molar-refractivity contribution >= 4 is 28.9 Å². The topological polar surface area (TPSA) is 76.1 Å². The molecule has 2 N–H and O–H groups in total. The van der Waals surface area contributed by atoms with Crippen LogP contribution in [0.1, 0.15) is 17.3 Å². The summed E-state index contributed by atoms with van der Waals surface area (Å²) in [4.78, 5) is 20.1. The first-order valence-electron chi connectivity index (χ1n) is 9.47. The lowest BCUT2D eigenvalue weighted by molar-refractivity contribution is 0.101. The van der Waals surface area contributed by atoms with Crippen molar-refractivity contribution in [2.75, 3.05) is 10.6 Å². The van der Waals surface area contributed by atoms with E-state index in [1.165, 1.54) is 0 Å². The molecule has 0 unspecified atom stereocenters. The molecular formula is C24H20N4O2. The van der Waals surface area contributed by atoms with E-state index in [0.29, 0.717) is 17.3 Å². The highest BCUT2D eigenvalue weighted by atomic mass is 16.5. The maximum atomic E-state index is 11.4. The molecule has 0 saturated carbocycles. The number of carbonyl (C=O) groups is 1. The number of hydrogen-bond donors (Lipinski definition) is 2. The molecule has 0 aliphatic rings. The van der Waals surface area contributed by atoms with Crippen LogP contribution in [0.4, 0.5) is 23.1 Å². The van der Waals surface area contributed by atoms with Gasteiger partial charge in [0.15, 0.2) is 5.78 Å². The van der Waals surface area contributed by atoms with Gasteiger partial charge in [0.1, 0.15) is 17.3 Å². The summed E-state index contributed by atoms with van der Waals surface area (Å²) in [6.45, 7) is 1.54. The zero-order valence-corrected chi connectivity index (χ0v) is 16.4. The molecule has 0 radical (unpaired) electrons. The number of nitrogens with one attached hydrogen (secondary N) is 2. The average molecular weight is 396 g/mol. The minimum Gasteiger partial charge on any atom is -0.457 e. The Bertz CT molecular complexity index is 1130. The highest BCUT2D eigenvalue weighted by molar-refractivity contribution is 5.94. The molecule has 0 bridgehead atoms. The molecule has 0 aliphatic carbocycles. The number of ether oxygens (including phenoxy) is 1. The van der Waals surface area contributed by atoms with E-state index in [4.69, 9.17) is 4.74 Å². The van der Waals surface area contributed by atoms with Crippen LogP contribution in [0, 0.1) is 0 Å². The number of carbonyl (C=O) groups excluding carboxylic acids is 1. The van der Waals surface area contributed by atoms with Crippen LogP contribution in [0.3, 0.4) is 0 Å². The molecule has 0 spiro atoms. The van der Waals surface area contributed by atoms with Gasteiger partial charge in [-0.05, 0) is 73.7 Å². The van der Waals surface area contributed by atoms with Gasteiger partial charge in [-0.25, -0.2) is 4.98 Å². The lowest BCUT2D eigenvalue weighted by atomic mass is 10.1. The molecular weight excluding hydrogens is 376 g/mol. The lowest BCUT2D eigenvalue weighted by Crippen LogP contribution is -2.01. The summed E-state index contributed by atoms with van der Waals surface area (Å²) in [5.41, 5.74) is 2.35. The first-order chi connectivity index (χ1) is 14.7. The lowest BCUT2D eigenvalue weighted by Gasteiger charge is -2.10. The van der Waals surface area contributed by atoms with Gasteiger partial charge in [-0.1, -0.05) is 18.2 Å². The molecule has 0 atom stereocenters. The smallest absolute Gasteiger partial charge is 0.229 e. The van der Waals surface area contributed by atoms with E-state index in [2.05, 4.69) is 20.6 Å². The minimum atomic E-state index is 0.0317. The molecule has 6 nitrogen and oxygen atoms in total. The van der Waals surface area contributed by atoms with Crippen molar-refractivity contribution in [3.8, 4) is 11.5 Å². The van der Waals surface area contributed by atoms with Crippen molar-refractivity contribution in [1.82, 2.24) is 9.97 Å². The molecule has 1 aromatic heterocycles. The van der Waals surface area contributed by atoms with Gasteiger partial charge in [0, 0.05) is 23.1 Å². The van der Waals surface area contributed by atoms with Gasteiger partial charge in [-0.15, -0.1) is 0 Å². The van der Waals surface area contributed by atoms with E-state index in [0.717, 1.165) is 22.9 Å². The summed E-state index contributed by atoms with van der Waals surface area (Å²) in [5.74, 6) is 2.69. The Morgan fingerprint density at radius 2 is 1.40 bits per heavy atom. The Hall–Kier alpha value is -4.19. The molecule has 1 heterocycles. The number of nitrogens with zero attached hydrogens (tertiary/aromatic N) is 2. The van der Waals surface area contributed by atoms with Crippen molar-refractivity contribution < 1.29 is 9.53 Å². The number of anilines is 4. The predicted octanol–water partition coefficient (Wildman–Crippen LogP) is 5.96. The number of benzene rings is 3. The molecule has 0 aliphatic heterocycles. The zero-order chi connectivity index (χ0) is 20.8. The van der Waals surface area contributed by atoms with E-state index in [9.17, 15) is 4.79 Å². The SMILES string of the molecule is CC(=O)c1ccc(Nc2nccc(Nc3ccc(Oc4ccccc4)cc3)n2)cc1. The molecule has 0 saturated heterocycles. The van der Waals surface area contributed by atoms with E-state index < -0.39 is 0 Å². The average Bonchev–Trinajstić information content (AvgIpc) is 2.77. The second kappa shape index (κ2) is 8.87. The molecule has 30 heavy (non-hydrogen) atoms. The second-order valence-electron chi connectivity index (χ2n) is 6.59. The highest BCUT2D eigenvalue weighted by Gasteiger charge is 2.04. The summed E-state index contributed by atoms with van der Waals surface area (Å²) >= 11 is 0. The molecule has 0 amide bonds. The van der Waals surface area contributed by atoms with Crippen LogP contribution >= 0.6 is 0 Å². The Balaban J connectivity index is 1.40. The van der Waals surface area contributed by atoms with Gasteiger partial charge >= 0.3 is 0 Å². The fraction of sp³-hybridized carbons (Fsp3) is 0.0417. The van der Waals surface area contributed by atoms with E-state index in [1.807, 2.05) is 66.7 Å². The standard InChI is InChI=1S/C24H20N4O2/c1-17(29)18-7-9-20(10-8-18)27-24-25-16-15-23(28-24)26-19-11-13-22(14-12-19)30-21-5-3-2-4-6-21/h2-16H,1H3,(H2,25,26,27,28). The van der Waals surface area contributed by atoms with Gasteiger partial charge in [0.2, 0.25) is 5.95 Å². The summed E-state index contributed by atoms with van der Waals surface area (Å²) in [6, 6.07) is 26.3. The first-order valence-corrected chi connectivity index (χ1v) is 9.47. The minimum absolute atomic E-state index is 0.0317. The third-order valence-electron chi connectivity index (χ3n) is 4.31. The summed E-state index contributed by atoms with van der Waals surface area (Å²) < 4.78 is 5.81. The summed E-state index contributed by atoms with van der Waals surface area (Å²) in [5, 5.41) is 6.39. The first kappa shape index (κ1) is 19.1. The highest BCUT2D eigenvalue weighted by Crippen LogP contribution is 2.24. The number of hydrogen-bond acceptors (Lipinski definition) is 6. The fourth-order valence-electron chi connectivity index (χ4n) is 2.78. The monoisotopic (exact) mass is 396 g/mol. The Morgan fingerprint density at radius 3 is 2.10 bits per heavy atom. The second-order valence-corrected chi connectivity index (χ2v) is 6.59. The van der Waals surface area contributed by atoms with Crippen LogP contribution in [0.5, 0.6) is 11.5 Å².